The highest BCUT2D eigenvalue weighted by Crippen LogP contribution is 2.36. The van der Waals surface area contributed by atoms with E-state index >= 15 is 0 Å². The topological polar surface area (TPSA) is 47.1 Å². The smallest absolute Gasteiger partial charge is 0.213 e. The van der Waals surface area contributed by atoms with Crippen LogP contribution in [-0.4, -0.2) is 87.1 Å². The van der Waals surface area contributed by atoms with Gasteiger partial charge in [-0.15, -0.1) is 0 Å². The van der Waals surface area contributed by atoms with Gasteiger partial charge in [0, 0.05) is 57.1 Å². The monoisotopic (exact) mass is 403 g/mol. The zero-order valence-corrected chi connectivity index (χ0v) is 17.8. The molecule has 0 bridgehead atoms. The van der Waals surface area contributed by atoms with E-state index in [1.54, 1.807) is 0 Å². The molecular weight excluding hydrogens is 366 g/mol. The number of hydrogen-bond acceptors (Lipinski definition) is 6. The Bertz CT molecular complexity index is 592. The summed E-state index contributed by atoms with van der Waals surface area (Å²) in [6.07, 6.45) is 9.32. The summed E-state index contributed by atoms with van der Waals surface area (Å²) in [7, 11) is 0. The molecule has 1 aromatic heterocycles. The van der Waals surface area contributed by atoms with Crippen LogP contribution >= 0.6 is 0 Å². The van der Waals surface area contributed by atoms with Gasteiger partial charge in [0.25, 0.3) is 0 Å². The first-order valence-electron chi connectivity index (χ1n) is 11.5. The lowest BCUT2D eigenvalue weighted by Crippen LogP contribution is -2.48. The first-order chi connectivity index (χ1) is 14.3. The average molecular weight is 404 g/mol. The highest BCUT2D eigenvalue weighted by atomic mass is 16.5. The van der Waals surface area contributed by atoms with Crippen LogP contribution in [0, 0.1) is 0 Å². The molecule has 0 spiro atoms. The Hall–Kier alpha value is -1.21. The second-order valence-corrected chi connectivity index (χ2v) is 8.77. The number of aromatic nitrogens is 1. The molecular formula is C23H37N3O3. The van der Waals surface area contributed by atoms with Gasteiger partial charge in [-0.2, -0.15) is 0 Å². The average Bonchev–Trinajstić information content (AvgIpc) is 2.79. The van der Waals surface area contributed by atoms with Crippen LogP contribution < -0.4 is 4.74 Å². The van der Waals surface area contributed by atoms with E-state index in [0.717, 1.165) is 84.4 Å². The summed E-state index contributed by atoms with van der Waals surface area (Å²) in [5, 5.41) is 0. The molecule has 1 aromatic rings. The Labute approximate surface area is 175 Å². The number of morpholine rings is 1. The summed E-state index contributed by atoms with van der Waals surface area (Å²) in [6.45, 7) is 10.8. The van der Waals surface area contributed by atoms with Crippen molar-refractivity contribution in [1.29, 1.82) is 0 Å². The van der Waals surface area contributed by atoms with Crippen molar-refractivity contribution in [3.8, 4) is 5.88 Å². The van der Waals surface area contributed by atoms with Crippen molar-refractivity contribution < 1.29 is 14.2 Å². The standard InChI is InChI=1S/C23H37N3O3/c1-2-9-25(10-3-1)11-4-14-29-22-6-5-21(19-24-22)23(7-15-27-16-8-23)20-26-12-17-28-18-13-26/h5-6,19H,1-4,7-18,20H2. The number of likely N-dealkylation sites (tertiary alicyclic amines) is 1. The van der Waals surface area contributed by atoms with Crippen LogP contribution in [0.5, 0.6) is 5.88 Å². The van der Waals surface area contributed by atoms with Gasteiger partial charge in [0.1, 0.15) is 0 Å². The Kier molecular flexibility index (Phi) is 7.77. The van der Waals surface area contributed by atoms with Crippen molar-refractivity contribution in [2.45, 2.75) is 43.9 Å². The first kappa shape index (κ1) is 21.0. The number of nitrogens with zero attached hydrogens (tertiary/aromatic N) is 3. The molecule has 6 heteroatoms. The second-order valence-electron chi connectivity index (χ2n) is 8.77. The van der Waals surface area contributed by atoms with Crippen LogP contribution in [0.4, 0.5) is 0 Å². The fourth-order valence-corrected chi connectivity index (χ4v) is 4.91. The lowest BCUT2D eigenvalue weighted by molar-refractivity contribution is -0.00128. The minimum absolute atomic E-state index is 0.134. The van der Waals surface area contributed by atoms with Crippen molar-refractivity contribution in [3.63, 3.8) is 0 Å². The van der Waals surface area contributed by atoms with Gasteiger partial charge in [0.2, 0.25) is 5.88 Å². The van der Waals surface area contributed by atoms with Crippen molar-refractivity contribution in [1.82, 2.24) is 14.8 Å². The number of piperidine rings is 1. The van der Waals surface area contributed by atoms with Crippen LogP contribution in [0.15, 0.2) is 18.3 Å². The number of pyridine rings is 1. The summed E-state index contributed by atoms with van der Waals surface area (Å²) in [5.74, 6) is 0.751. The van der Waals surface area contributed by atoms with E-state index in [2.05, 4.69) is 26.9 Å². The zero-order chi connectivity index (χ0) is 19.8. The number of ether oxygens (including phenoxy) is 3. The maximum absolute atomic E-state index is 5.93. The van der Waals surface area contributed by atoms with Crippen LogP contribution in [-0.2, 0) is 14.9 Å². The van der Waals surface area contributed by atoms with Gasteiger partial charge in [0.15, 0.2) is 0 Å². The SMILES string of the molecule is c1cc(OCCCN2CCCCC2)ncc1C1(CN2CCOCC2)CCOCC1. The lowest BCUT2D eigenvalue weighted by atomic mass is 9.74. The Morgan fingerprint density at radius 2 is 1.66 bits per heavy atom. The van der Waals surface area contributed by atoms with E-state index in [4.69, 9.17) is 14.2 Å². The van der Waals surface area contributed by atoms with Gasteiger partial charge in [-0.05, 0) is 50.8 Å². The van der Waals surface area contributed by atoms with Gasteiger partial charge in [-0.25, -0.2) is 4.98 Å². The van der Waals surface area contributed by atoms with Crippen molar-refractivity contribution in [2.75, 3.05) is 72.3 Å². The molecule has 0 saturated carbocycles. The molecule has 29 heavy (non-hydrogen) atoms. The largest absolute Gasteiger partial charge is 0.478 e. The molecule has 0 aliphatic carbocycles. The second kappa shape index (κ2) is 10.7. The molecule has 3 saturated heterocycles. The third-order valence-corrected chi connectivity index (χ3v) is 6.75. The van der Waals surface area contributed by atoms with E-state index in [1.165, 1.54) is 37.9 Å². The van der Waals surface area contributed by atoms with Crippen molar-refractivity contribution in [3.05, 3.63) is 23.9 Å². The maximum Gasteiger partial charge on any atom is 0.213 e. The van der Waals surface area contributed by atoms with Crippen molar-refractivity contribution >= 4 is 0 Å². The molecule has 0 N–H and O–H groups in total. The van der Waals surface area contributed by atoms with Gasteiger partial charge < -0.3 is 19.1 Å². The molecule has 3 aliphatic rings. The summed E-state index contributed by atoms with van der Waals surface area (Å²) in [6, 6.07) is 4.30. The van der Waals surface area contributed by atoms with E-state index in [-0.39, 0.29) is 5.41 Å². The minimum atomic E-state index is 0.134. The van der Waals surface area contributed by atoms with Gasteiger partial charge >= 0.3 is 0 Å². The number of hydrogen-bond donors (Lipinski definition) is 0. The molecule has 3 aliphatic heterocycles. The Balaban J connectivity index is 1.30. The number of rotatable bonds is 8. The van der Waals surface area contributed by atoms with Gasteiger partial charge in [0.05, 0.1) is 19.8 Å². The summed E-state index contributed by atoms with van der Waals surface area (Å²) in [5.41, 5.74) is 1.46. The summed E-state index contributed by atoms with van der Waals surface area (Å²) < 4.78 is 17.1. The quantitative estimate of drug-likeness (QED) is 0.622. The van der Waals surface area contributed by atoms with Gasteiger partial charge in [-0.1, -0.05) is 12.5 Å². The third-order valence-electron chi connectivity index (χ3n) is 6.75. The first-order valence-corrected chi connectivity index (χ1v) is 11.5. The molecule has 6 nitrogen and oxygen atoms in total. The molecule has 0 aromatic carbocycles. The van der Waals surface area contributed by atoms with E-state index < -0.39 is 0 Å². The minimum Gasteiger partial charge on any atom is -0.478 e. The summed E-state index contributed by atoms with van der Waals surface area (Å²) >= 11 is 0. The molecule has 0 radical (unpaired) electrons. The highest BCUT2D eigenvalue weighted by Gasteiger charge is 2.37. The van der Waals surface area contributed by atoms with Gasteiger partial charge in [-0.3, -0.25) is 4.90 Å². The predicted octanol–water partition coefficient (Wildman–Crippen LogP) is 2.72. The fourth-order valence-electron chi connectivity index (χ4n) is 4.91. The molecule has 4 heterocycles. The molecule has 0 atom stereocenters. The molecule has 0 unspecified atom stereocenters. The van der Waals surface area contributed by atoms with E-state index in [0.29, 0.717) is 0 Å². The van der Waals surface area contributed by atoms with Crippen LogP contribution in [0.25, 0.3) is 0 Å². The Morgan fingerprint density at radius 1 is 0.897 bits per heavy atom. The lowest BCUT2D eigenvalue weighted by Gasteiger charge is -2.42. The Morgan fingerprint density at radius 3 is 2.38 bits per heavy atom. The fraction of sp³-hybridized carbons (Fsp3) is 0.783. The summed E-state index contributed by atoms with van der Waals surface area (Å²) in [4.78, 5) is 9.76. The molecule has 3 fully saturated rings. The third kappa shape index (κ3) is 5.91. The van der Waals surface area contributed by atoms with Crippen molar-refractivity contribution in [2.24, 2.45) is 0 Å². The molecule has 4 rings (SSSR count). The normalized spacial score (nSPS) is 23.7. The van der Waals surface area contributed by atoms with Crippen LogP contribution in [0.1, 0.15) is 44.1 Å². The molecule has 162 valence electrons. The maximum atomic E-state index is 5.93. The van der Waals surface area contributed by atoms with E-state index in [1.807, 2.05) is 6.20 Å². The highest BCUT2D eigenvalue weighted by molar-refractivity contribution is 5.27. The van der Waals surface area contributed by atoms with E-state index in [9.17, 15) is 0 Å². The zero-order valence-electron chi connectivity index (χ0n) is 17.8. The van der Waals surface area contributed by atoms with Crippen LogP contribution in [0.3, 0.4) is 0 Å². The van der Waals surface area contributed by atoms with Crippen LogP contribution in [0.2, 0.25) is 0 Å². The molecule has 0 amide bonds. The predicted molar refractivity (Wildman–Crippen MR) is 114 cm³/mol.